The summed E-state index contributed by atoms with van der Waals surface area (Å²) < 4.78 is 84.6. The van der Waals surface area contributed by atoms with E-state index in [1.807, 2.05) is 0 Å². The SMILES string of the molecule is CCC(C)C(F)(C(F)(F)F)C(F)(F)F. The van der Waals surface area contributed by atoms with Crippen molar-refractivity contribution in [3.63, 3.8) is 0 Å². The number of halogens is 7. The smallest absolute Gasteiger partial charge is 0.223 e. The Morgan fingerprint density at radius 3 is 1.21 bits per heavy atom. The van der Waals surface area contributed by atoms with Gasteiger partial charge in [-0.2, -0.15) is 26.3 Å². The molecule has 0 nitrogen and oxygen atoms in total. The van der Waals surface area contributed by atoms with E-state index >= 15 is 0 Å². The van der Waals surface area contributed by atoms with E-state index in [1.165, 1.54) is 0 Å². The second-order valence-corrected chi connectivity index (χ2v) is 3.02. The highest BCUT2D eigenvalue weighted by Gasteiger charge is 2.74. The van der Waals surface area contributed by atoms with Crippen LogP contribution in [0.3, 0.4) is 0 Å². The molecule has 0 saturated carbocycles. The Hall–Kier alpha value is -0.490. The Morgan fingerprint density at radius 2 is 1.14 bits per heavy atom. The maximum atomic E-state index is 12.9. The van der Waals surface area contributed by atoms with Gasteiger partial charge in [-0.15, -0.1) is 0 Å². The van der Waals surface area contributed by atoms with Crippen molar-refractivity contribution in [2.75, 3.05) is 0 Å². The minimum atomic E-state index is -5.93. The molecule has 0 heterocycles. The van der Waals surface area contributed by atoms with Crippen LogP contribution >= 0.6 is 0 Å². The molecular weight excluding hydrogens is 217 g/mol. The van der Waals surface area contributed by atoms with Crippen molar-refractivity contribution in [2.24, 2.45) is 5.92 Å². The second-order valence-electron chi connectivity index (χ2n) is 3.02. The maximum Gasteiger partial charge on any atom is 0.431 e. The first kappa shape index (κ1) is 13.5. The van der Waals surface area contributed by atoms with Crippen LogP contribution in [-0.4, -0.2) is 18.0 Å². The molecule has 0 N–H and O–H groups in total. The van der Waals surface area contributed by atoms with E-state index in [0.717, 1.165) is 6.92 Å². The highest BCUT2D eigenvalue weighted by atomic mass is 19.4. The van der Waals surface area contributed by atoms with Gasteiger partial charge in [0.2, 0.25) is 0 Å². The minimum absolute atomic E-state index is 0.546. The molecule has 0 spiro atoms. The number of hydrogen-bond acceptors (Lipinski definition) is 0. The Labute approximate surface area is 76.1 Å². The standard InChI is InChI=1S/C7H9F7/c1-3-4(2)5(8,6(9,10)11)7(12,13)14/h4H,3H2,1-2H3. The van der Waals surface area contributed by atoms with Crippen LogP contribution in [-0.2, 0) is 0 Å². The summed E-state index contributed by atoms with van der Waals surface area (Å²) in [5.41, 5.74) is -5.12. The predicted octanol–water partition coefficient (Wildman–Crippen LogP) is 3.87. The van der Waals surface area contributed by atoms with E-state index in [9.17, 15) is 30.7 Å². The van der Waals surface area contributed by atoms with Crippen molar-refractivity contribution in [3.8, 4) is 0 Å². The molecule has 0 aliphatic carbocycles. The van der Waals surface area contributed by atoms with E-state index in [-0.39, 0.29) is 0 Å². The van der Waals surface area contributed by atoms with E-state index in [0.29, 0.717) is 6.92 Å². The fourth-order valence-corrected chi connectivity index (χ4v) is 1.00. The summed E-state index contributed by atoms with van der Waals surface area (Å²) in [5.74, 6) is -2.15. The van der Waals surface area contributed by atoms with Crippen molar-refractivity contribution in [3.05, 3.63) is 0 Å². The fourth-order valence-electron chi connectivity index (χ4n) is 1.00. The molecule has 0 bridgehead atoms. The van der Waals surface area contributed by atoms with Crippen LogP contribution in [0.2, 0.25) is 0 Å². The van der Waals surface area contributed by atoms with Crippen LogP contribution in [0.15, 0.2) is 0 Å². The quantitative estimate of drug-likeness (QED) is 0.627. The van der Waals surface area contributed by atoms with Gasteiger partial charge in [0, 0.05) is 5.92 Å². The third-order valence-electron chi connectivity index (χ3n) is 2.12. The Balaban J connectivity index is 5.29. The largest absolute Gasteiger partial charge is 0.431 e. The summed E-state index contributed by atoms with van der Waals surface area (Å²) in [5, 5.41) is 0. The van der Waals surface area contributed by atoms with Crippen molar-refractivity contribution in [1.29, 1.82) is 0 Å². The van der Waals surface area contributed by atoms with Gasteiger partial charge in [-0.05, 0) is 6.42 Å². The molecule has 86 valence electrons. The summed E-state index contributed by atoms with van der Waals surface area (Å²) in [4.78, 5) is 0. The van der Waals surface area contributed by atoms with Gasteiger partial charge in [0.1, 0.15) is 0 Å². The lowest BCUT2D eigenvalue weighted by atomic mass is 9.87. The van der Waals surface area contributed by atoms with Crippen LogP contribution in [0.25, 0.3) is 0 Å². The third-order valence-corrected chi connectivity index (χ3v) is 2.12. The predicted molar refractivity (Wildman–Crippen MR) is 35.4 cm³/mol. The van der Waals surface area contributed by atoms with Gasteiger partial charge in [-0.1, -0.05) is 13.8 Å². The Bertz CT molecular complexity index is 175. The average molecular weight is 226 g/mol. The summed E-state index contributed by atoms with van der Waals surface area (Å²) in [7, 11) is 0. The van der Waals surface area contributed by atoms with E-state index < -0.39 is 30.4 Å². The number of alkyl halides is 7. The minimum Gasteiger partial charge on any atom is -0.223 e. The highest BCUT2D eigenvalue weighted by Crippen LogP contribution is 2.51. The number of hydrogen-bond donors (Lipinski definition) is 0. The lowest BCUT2D eigenvalue weighted by Gasteiger charge is -2.34. The molecule has 0 amide bonds. The van der Waals surface area contributed by atoms with E-state index in [1.54, 1.807) is 0 Å². The lowest BCUT2D eigenvalue weighted by molar-refractivity contribution is -0.356. The van der Waals surface area contributed by atoms with Crippen molar-refractivity contribution in [1.82, 2.24) is 0 Å². The molecule has 0 aromatic heterocycles. The summed E-state index contributed by atoms with van der Waals surface area (Å²) in [6.07, 6.45) is -12.4. The molecule has 0 saturated heterocycles. The molecule has 0 aliphatic heterocycles. The normalized spacial score (nSPS) is 16.9. The van der Waals surface area contributed by atoms with Gasteiger partial charge < -0.3 is 0 Å². The Kier molecular flexibility index (Phi) is 3.46. The fraction of sp³-hybridized carbons (Fsp3) is 1.00. The topological polar surface area (TPSA) is 0 Å². The molecule has 7 heteroatoms. The van der Waals surface area contributed by atoms with Gasteiger partial charge in [0.15, 0.2) is 0 Å². The molecule has 0 rings (SSSR count). The molecule has 0 aromatic rings. The lowest BCUT2D eigenvalue weighted by Crippen LogP contribution is -2.57. The third kappa shape index (κ3) is 1.95. The van der Waals surface area contributed by atoms with Gasteiger partial charge >= 0.3 is 18.0 Å². The van der Waals surface area contributed by atoms with Gasteiger partial charge in [0.05, 0.1) is 0 Å². The number of rotatable bonds is 2. The average Bonchev–Trinajstić information content (AvgIpc) is 1.97. The summed E-state index contributed by atoms with van der Waals surface area (Å²) in [6.45, 7) is 1.65. The molecule has 0 radical (unpaired) electrons. The first-order chi connectivity index (χ1) is 5.98. The van der Waals surface area contributed by atoms with E-state index in [4.69, 9.17) is 0 Å². The van der Waals surface area contributed by atoms with Crippen LogP contribution in [0.5, 0.6) is 0 Å². The van der Waals surface area contributed by atoms with Crippen molar-refractivity contribution in [2.45, 2.75) is 38.3 Å². The van der Waals surface area contributed by atoms with Crippen LogP contribution in [0.1, 0.15) is 20.3 Å². The molecular formula is C7H9F7. The molecule has 0 aromatic carbocycles. The molecule has 14 heavy (non-hydrogen) atoms. The summed E-state index contributed by atoms with van der Waals surface area (Å²) in [6, 6.07) is 0. The van der Waals surface area contributed by atoms with Crippen molar-refractivity contribution >= 4 is 0 Å². The molecule has 1 atom stereocenters. The van der Waals surface area contributed by atoms with Crippen LogP contribution in [0.4, 0.5) is 30.7 Å². The molecule has 0 fully saturated rings. The van der Waals surface area contributed by atoms with Crippen LogP contribution in [0, 0.1) is 5.92 Å². The monoisotopic (exact) mass is 226 g/mol. The van der Waals surface area contributed by atoms with Crippen molar-refractivity contribution < 1.29 is 30.7 Å². The highest BCUT2D eigenvalue weighted by molar-refractivity contribution is 4.97. The maximum absolute atomic E-state index is 12.9. The first-order valence-corrected chi connectivity index (χ1v) is 3.80. The summed E-state index contributed by atoms with van der Waals surface area (Å²) >= 11 is 0. The van der Waals surface area contributed by atoms with Crippen LogP contribution < -0.4 is 0 Å². The molecule has 0 aliphatic rings. The second kappa shape index (κ2) is 3.58. The van der Waals surface area contributed by atoms with Gasteiger partial charge in [-0.3, -0.25) is 0 Å². The van der Waals surface area contributed by atoms with Gasteiger partial charge in [-0.25, -0.2) is 4.39 Å². The first-order valence-electron chi connectivity index (χ1n) is 3.80. The Morgan fingerprint density at radius 1 is 0.857 bits per heavy atom. The van der Waals surface area contributed by atoms with E-state index in [2.05, 4.69) is 0 Å². The zero-order valence-corrected chi connectivity index (χ0v) is 7.43. The zero-order valence-electron chi connectivity index (χ0n) is 7.43. The zero-order chi connectivity index (χ0) is 11.8. The van der Waals surface area contributed by atoms with Gasteiger partial charge in [0.25, 0.3) is 0 Å². The molecule has 1 unspecified atom stereocenters.